The molecule has 27 heavy (non-hydrogen) atoms. The Balaban J connectivity index is 1.91. The highest BCUT2D eigenvalue weighted by atomic mass is 32.2. The third kappa shape index (κ3) is 4.03. The van der Waals surface area contributed by atoms with Crippen molar-refractivity contribution < 1.29 is 19.0 Å². The molecule has 0 amide bonds. The molecule has 0 aliphatic carbocycles. The summed E-state index contributed by atoms with van der Waals surface area (Å²) >= 11 is 0.852. The maximum Gasteiger partial charge on any atom is 0.290 e. The molecule has 2 aromatic carbocycles. The van der Waals surface area contributed by atoms with Gasteiger partial charge in [0.15, 0.2) is 0 Å². The SMILES string of the molecule is CCOc1ccccc1-c1nnc(Sc2ccc([N+](=O)[O-])cc2[N+](=O)[O-])o1. The van der Waals surface area contributed by atoms with Crippen molar-refractivity contribution in [2.45, 2.75) is 17.0 Å². The Morgan fingerprint density at radius 1 is 1.11 bits per heavy atom. The summed E-state index contributed by atoms with van der Waals surface area (Å²) in [6.45, 7) is 2.31. The normalized spacial score (nSPS) is 10.6. The maximum absolute atomic E-state index is 11.2. The highest BCUT2D eigenvalue weighted by Crippen LogP contribution is 2.38. The topological polar surface area (TPSA) is 134 Å². The van der Waals surface area contributed by atoms with Crippen LogP contribution in [0.3, 0.4) is 0 Å². The fourth-order valence-electron chi connectivity index (χ4n) is 2.23. The van der Waals surface area contributed by atoms with Crippen molar-refractivity contribution in [3.63, 3.8) is 0 Å². The Morgan fingerprint density at radius 2 is 1.89 bits per heavy atom. The van der Waals surface area contributed by atoms with Crippen molar-refractivity contribution in [1.29, 1.82) is 0 Å². The average Bonchev–Trinajstić information content (AvgIpc) is 3.10. The van der Waals surface area contributed by atoms with Gasteiger partial charge < -0.3 is 9.15 Å². The number of ether oxygens (including phenoxy) is 1. The molecule has 0 atom stereocenters. The molecule has 0 N–H and O–H groups in total. The predicted molar refractivity (Wildman–Crippen MR) is 94.8 cm³/mol. The second-order valence-electron chi connectivity index (χ2n) is 5.07. The van der Waals surface area contributed by atoms with Gasteiger partial charge in [-0.1, -0.05) is 12.1 Å². The van der Waals surface area contributed by atoms with Crippen LogP contribution in [0.25, 0.3) is 11.5 Å². The second kappa shape index (κ2) is 7.83. The molecule has 11 heteroatoms. The number of aromatic nitrogens is 2. The lowest BCUT2D eigenvalue weighted by molar-refractivity contribution is -0.396. The van der Waals surface area contributed by atoms with Gasteiger partial charge in [-0.05, 0) is 36.9 Å². The van der Waals surface area contributed by atoms with Crippen LogP contribution in [0.5, 0.6) is 5.75 Å². The molecule has 138 valence electrons. The van der Waals surface area contributed by atoms with Crippen LogP contribution in [0.1, 0.15) is 6.92 Å². The molecule has 0 saturated carbocycles. The lowest BCUT2D eigenvalue weighted by Gasteiger charge is -2.06. The zero-order valence-corrected chi connectivity index (χ0v) is 14.7. The van der Waals surface area contributed by atoms with Gasteiger partial charge in [-0.25, -0.2) is 0 Å². The van der Waals surface area contributed by atoms with E-state index in [1.807, 2.05) is 6.92 Å². The van der Waals surface area contributed by atoms with Crippen LogP contribution in [0.4, 0.5) is 11.4 Å². The van der Waals surface area contributed by atoms with Crippen molar-refractivity contribution in [3.05, 3.63) is 62.7 Å². The highest BCUT2D eigenvalue weighted by Gasteiger charge is 2.22. The molecule has 0 saturated heterocycles. The zero-order valence-electron chi connectivity index (χ0n) is 13.9. The van der Waals surface area contributed by atoms with Gasteiger partial charge in [-0.3, -0.25) is 20.2 Å². The third-order valence-electron chi connectivity index (χ3n) is 3.37. The summed E-state index contributed by atoms with van der Waals surface area (Å²) in [5.41, 5.74) is -0.191. The minimum atomic E-state index is -0.698. The quantitative estimate of drug-likeness (QED) is 0.433. The van der Waals surface area contributed by atoms with E-state index in [9.17, 15) is 20.2 Å². The number of benzene rings is 2. The van der Waals surface area contributed by atoms with Gasteiger partial charge in [0.2, 0.25) is 0 Å². The van der Waals surface area contributed by atoms with Gasteiger partial charge in [0.05, 0.1) is 33.0 Å². The van der Waals surface area contributed by atoms with E-state index in [4.69, 9.17) is 9.15 Å². The summed E-state index contributed by atoms with van der Waals surface area (Å²) in [5.74, 6) is 0.771. The molecular formula is C16H12N4O6S. The van der Waals surface area contributed by atoms with E-state index in [1.54, 1.807) is 24.3 Å². The monoisotopic (exact) mass is 388 g/mol. The maximum atomic E-state index is 11.2. The first-order valence-electron chi connectivity index (χ1n) is 7.66. The van der Waals surface area contributed by atoms with Crippen LogP contribution in [0.2, 0.25) is 0 Å². The number of nitro benzene ring substituents is 2. The summed E-state index contributed by atoms with van der Waals surface area (Å²) in [6, 6.07) is 10.5. The van der Waals surface area contributed by atoms with Gasteiger partial charge >= 0.3 is 0 Å². The third-order valence-corrected chi connectivity index (χ3v) is 4.28. The molecule has 0 unspecified atom stereocenters. The molecule has 1 heterocycles. The first-order chi connectivity index (χ1) is 13.0. The van der Waals surface area contributed by atoms with E-state index >= 15 is 0 Å². The van der Waals surface area contributed by atoms with E-state index in [-0.39, 0.29) is 21.7 Å². The fraction of sp³-hybridized carbons (Fsp3) is 0.125. The number of nitrogens with zero attached hydrogens (tertiary/aromatic N) is 4. The predicted octanol–water partition coefficient (Wildman–Crippen LogP) is 4.10. The van der Waals surface area contributed by atoms with Crippen molar-refractivity contribution in [1.82, 2.24) is 10.2 Å². The number of rotatable bonds is 7. The van der Waals surface area contributed by atoms with E-state index in [2.05, 4.69) is 10.2 Å². The van der Waals surface area contributed by atoms with Crippen LogP contribution < -0.4 is 4.74 Å². The van der Waals surface area contributed by atoms with Gasteiger partial charge in [0, 0.05) is 6.07 Å². The van der Waals surface area contributed by atoms with E-state index < -0.39 is 15.5 Å². The zero-order chi connectivity index (χ0) is 19.4. The molecule has 10 nitrogen and oxygen atoms in total. The van der Waals surface area contributed by atoms with Crippen molar-refractivity contribution >= 4 is 23.1 Å². The summed E-state index contributed by atoms with van der Waals surface area (Å²) in [4.78, 5) is 20.8. The standard InChI is InChI=1S/C16H12N4O6S/c1-2-25-13-6-4-3-5-11(13)15-17-18-16(26-15)27-14-8-7-10(19(21)22)9-12(14)20(23)24/h3-9H,2H2,1H3. The first kappa shape index (κ1) is 18.3. The number of para-hydroxylation sites is 1. The molecular weight excluding hydrogens is 376 g/mol. The minimum absolute atomic E-state index is 0.0632. The Hall–Kier alpha value is -3.47. The number of nitro groups is 2. The average molecular weight is 388 g/mol. The van der Waals surface area contributed by atoms with E-state index in [0.29, 0.717) is 17.9 Å². The van der Waals surface area contributed by atoms with Gasteiger partial charge in [0.1, 0.15) is 5.75 Å². The van der Waals surface area contributed by atoms with Crippen molar-refractivity contribution in [2.75, 3.05) is 6.61 Å². The van der Waals surface area contributed by atoms with Crippen molar-refractivity contribution in [3.8, 4) is 17.2 Å². The minimum Gasteiger partial charge on any atom is -0.493 e. The first-order valence-corrected chi connectivity index (χ1v) is 8.47. The molecule has 3 rings (SSSR count). The summed E-state index contributed by atoms with van der Waals surface area (Å²) in [5, 5.41) is 29.9. The Labute approximate surface area is 156 Å². The molecule has 0 radical (unpaired) electrons. The van der Waals surface area contributed by atoms with Gasteiger partial charge in [-0.2, -0.15) is 0 Å². The van der Waals surface area contributed by atoms with Crippen LogP contribution in [0.15, 0.2) is 57.0 Å². The van der Waals surface area contributed by atoms with Crippen LogP contribution in [-0.2, 0) is 0 Å². The Morgan fingerprint density at radius 3 is 2.59 bits per heavy atom. The molecule has 0 spiro atoms. The molecule has 0 aliphatic rings. The molecule has 0 aliphatic heterocycles. The molecule has 0 bridgehead atoms. The number of non-ortho nitro benzene ring substituents is 1. The molecule has 1 aromatic heterocycles. The largest absolute Gasteiger partial charge is 0.493 e. The molecule has 3 aromatic rings. The Bertz CT molecular complexity index is 1010. The highest BCUT2D eigenvalue weighted by molar-refractivity contribution is 7.99. The Kier molecular flexibility index (Phi) is 5.31. The lowest BCUT2D eigenvalue weighted by Crippen LogP contribution is -1.94. The smallest absolute Gasteiger partial charge is 0.290 e. The molecule has 0 fully saturated rings. The second-order valence-corrected chi connectivity index (χ2v) is 6.06. The fourth-order valence-corrected chi connectivity index (χ4v) is 2.99. The summed E-state index contributed by atoms with van der Waals surface area (Å²) in [7, 11) is 0. The van der Waals surface area contributed by atoms with Gasteiger partial charge in [0.25, 0.3) is 22.5 Å². The summed E-state index contributed by atoms with van der Waals surface area (Å²) < 4.78 is 11.1. The number of hydrogen-bond donors (Lipinski definition) is 0. The lowest BCUT2D eigenvalue weighted by atomic mass is 10.2. The van der Waals surface area contributed by atoms with Crippen LogP contribution >= 0.6 is 11.8 Å². The van der Waals surface area contributed by atoms with Gasteiger partial charge in [-0.15, -0.1) is 10.2 Å². The van der Waals surface area contributed by atoms with Crippen molar-refractivity contribution in [2.24, 2.45) is 0 Å². The number of hydrogen-bond acceptors (Lipinski definition) is 9. The summed E-state index contributed by atoms with van der Waals surface area (Å²) in [6.07, 6.45) is 0. The van der Waals surface area contributed by atoms with E-state index in [0.717, 1.165) is 17.8 Å². The van der Waals surface area contributed by atoms with E-state index in [1.165, 1.54) is 12.1 Å². The van der Waals surface area contributed by atoms with Crippen LogP contribution in [-0.4, -0.2) is 26.7 Å². The van der Waals surface area contributed by atoms with Crippen LogP contribution in [0, 0.1) is 20.2 Å².